The molecule has 0 heterocycles. The third kappa shape index (κ3) is 3.29. The first-order valence-electron chi connectivity index (χ1n) is 4.94. The number of hydrogen-bond donors (Lipinski definition) is 0. The van der Waals surface area contributed by atoms with Gasteiger partial charge in [0.1, 0.15) is 5.60 Å². The van der Waals surface area contributed by atoms with Crippen molar-refractivity contribution in [3.63, 3.8) is 0 Å². The van der Waals surface area contributed by atoms with Crippen LogP contribution in [0.25, 0.3) is 0 Å². The fourth-order valence-electron chi connectivity index (χ4n) is 2.12. The van der Waals surface area contributed by atoms with Crippen LogP contribution in [0.4, 0.5) is 0 Å². The van der Waals surface area contributed by atoms with E-state index in [0.717, 1.165) is 31.0 Å². The number of esters is 1. The molecule has 0 radical (unpaired) electrons. The predicted molar refractivity (Wildman–Crippen MR) is 56.0 cm³/mol. The van der Waals surface area contributed by atoms with Crippen LogP contribution in [0.5, 0.6) is 0 Å². The fraction of sp³-hybridized carbons (Fsp3) is 0.900. The molecule has 0 bridgehead atoms. The zero-order valence-electron chi connectivity index (χ0n) is 8.14. The highest BCUT2D eigenvalue weighted by Crippen LogP contribution is 2.37. The number of carbonyl (C=O) groups is 1. The molecule has 1 aliphatic rings. The zero-order valence-corrected chi connectivity index (χ0v) is 9.73. The molecule has 0 aliphatic heterocycles. The Kier molecular flexibility index (Phi) is 4.23. The van der Waals surface area contributed by atoms with Gasteiger partial charge in [0.25, 0.3) is 0 Å². The van der Waals surface area contributed by atoms with Gasteiger partial charge in [0.15, 0.2) is 0 Å². The van der Waals surface area contributed by atoms with Crippen LogP contribution in [0.3, 0.4) is 0 Å². The van der Waals surface area contributed by atoms with Crippen molar-refractivity contribution in [2.75, 3.05) is 5.33 Å². The quantitative estimate of drug-likeness (QED) is 0.565. The average molecular weight is 249 g/mol. The molecule has 13 heavy (non-hydrogen) atoms. The normalized spacial score (nSPS) is 20.2. The molecule has 1 fully saturated rings. The predicted octanol–water partition coefficient (Wildman–Crippen LogP) is 3.04. The van der Waals surface area contributed by atoms with Gasteiger partial charge >= 0.3 is 5.97 Å². The van der Waals surface area contributed by atoms with Crippen LogP contribution in [0.1, 0.15) is 45.4 Å². The lowest BCUT2D eigenvalue weighted by molar-refractivity contribution is -0.157. The molecule has 0 aromatic heterocycles. The Balaban J connectivity index is 2.47. The summed E-state index contributed by atoms with van der Waals surface area (Å²) in [6.45, 7) is 1.51. The van der Waals surface area contributed by atoms with Crippen LogP contribution < -0.4 is 0 Å². The Bertz CT molecular complexity index is 174. The van der Waals surface area contributed by atoms with E-state index >= 15 is 0 Å². The highest BCUT2D eigenvalue weighted by Gasteiger charge is 2.35. The van der Waals surface area contributed by atoms with Gasteiger partial charge in [-0.1, -0.05) is 15.9 Å². The van der Waals surface area contributed by atoms with Crippen molar-refractivity contribution in [2.45, 2.75) is 51.0 Å². The second-order valence-corrected chi connectivity index (χ2v) is 4.57. The lowest BCUT2D eigenvalue weighted by Crippen LogP contribution is -2.31. The maximum atomic E-state index is 10.9. The number of hydrogen-bond acceptors (Lipinski definition) is 2. The Morgan fingerprint density at radius 2 is 2.08 bits per heavy atom. The lowest BCUT2D eigenvalue weighted by Gasteiger charge is -2.28. The molecule has 0 aromatic rings. The largest absolute Gasteiger partial charge is 0.459 e. The van der Waals surface area contributed by atoms with Crippen molar-refractivity contribution >= 4 is 21.9 Å². The Hall–Kier alpha value is -0.0500. The lowest BCUT2D eigenvalue weighted by atomic mass is 9.96. The van der Waals surface area contributed by atoms with Crippen LogP contribution >= 0.6 is 15.9 Å². The molecule has 0 atom stereocenters. The van der Waals surface area contributed by atoms with Crippen molar-refractivity contribution < 1.29 is 9.53 Å². The zero-order chi connectivity index (χ0) is 9.73. The van der Waals surface area contributed by atoms with Gasteiger partial charge in [-0.3, -0.25) is 4.79 Å². The monoisotopic (exact) mass is 248 g/mol. The number of halogens is 1. The first kappa shape index (κ1) is 11.0. The van der Waals surface area contributed by atoms with Crippen LogP contribution in [-0.4, -0.2) is 16.9 Å². The molecule has 0 N–H and O–H groups in total. The standard InChI is InChI=1S/C10H17BrO2/c1-9(12)13-10(7-4-8-11)5-2-3-6-10/h2-8H2,1H3. The molecule has 0 amide bonds. The summed E-state index contributed by atoms with van der Waals surface area (Å²) in [5, 5.41) is 0.996. The molecule has 1 aliphatic carbocycles. The van der Waals surface area contributed by atoms with E-state index in [1.807, 2.05) is 0 Å². The number of carbonyl (C=O) groups excluding carboxylic acids is 1. The van der Waals surface area contributed by atoms with Gasteiger partial charge in [0.05, 0.1) is 0 Å². The fourth-order valence-corrected chi connectivity index (χ4v) is 2.40. The summed E-state index contributed by atoms with van der Waals surface area (Å²) >= 11 is 3.41. The summed E-state index contributed by atoms with van der Waals surface area (Å²) in [5.74, 6) is -0.128. The van der Waals surface area contributed by atoms with Gasteiger partial charge < -0.3 is 4.74 Å². The molecule has 3 heteroatoms. The first-order valence-corrected chi connectivity index (χ1v) is 6.06. The van der Waals surface area contributed by atoms with Gasteiger partial charge in [-0.25, -0.2) is 0 Å². The van der Waals surface area contributed by atoms with Crippen LogP contribution in [0, 0.1) is 0 Å². The molecular formula is C10H17BrO2. The van der Waals surface area contributed by atoms with Gasteiger partial charge in [0, 0.05) is 12.3 Å². The summed E-state index contributed by atoms with van der Waals surface area (Å²) in [6, 6.07) is 0. The highest BCUT2D eigenvalue weighted by atomic mass is 79.9. The van der Waals surface area contributed by atoms with Crippen molar-refractivity contribution in [3.05, 3.63) is 0 Å². The van der Waals surface area contributed by atoms with E-state index < -0.39 is 0 Å². The van der Waals surface area contributed by atoms with Crippen molar-refractivity contribution in [1.29, 1.82) is 0 Å². The van der Waals surface area contributed by atoms with Crippen LogP contribution in [0.2, 0.25) is 0 Å². The molecule has 2 nitrogen and oxygen atoms in total. The maximum Gasteiger partial charge on any atom is 0.303 e. The molecule has 0 saturated heterocycles. The molecule has 76 valence electrons. The van der Waals surface area contributed by atoms with Crippen molar-refractivity contribution in [3.8, 4) is 0 Å². The van der Waals surface area contributed by atoms with E-state index in [4.69, 9.17) is 4.74 Å². The SMILES string of the molecule is CC(=O)OC1(CCCBr)CCCC1. The van der Waals surface area contributed by atoms with E-state index in [1.165, 1.54) is 19.8 Å². The Morgan fingerprint density at radius 1 is 1.46 bits per heavy atom. The smallest absolute Gasteiger partial charge is 0.303 e. The molecule has 0 spiro atoms. The summed E-state index contributed by atoms with van der Waals surface area (Å²) in [5.41, 5.74) is -0.112. The summed E-state index contributed by atoms with van der Waals surface area (Å²) < 4.78 is 5.44. The summed E-state index contributed by atoms with van der Waals surface area (Å²) in [7, 11) is 0. The number of alkyl halides is 1. The second-order valence-electron chi connectivity index (χ2n) is 3.78. The average Bonchev–Trinajstić information content (AvgIpc) is 2.49. The number of ether oxygens (including phenoxy) is 1. The molecule has 0 unspecified atom stereocenters. The summed E-state index contributed by atoms with van der Waals surface area (Å²) in [6.07, 6.45) is 6.62. The third-order valence-corrected chi connectivity index (χ3v) is 3.20. The minimum Gasteiger partial charge on any atom is -0.459 e. The van der Waals surface area contributed by atoms with Crippen LogP contribution in [-0.2, 0) is 9.53 Å². The van der Waals surface area contributed by atoms with E-state index in [2.05, 4.69) is 15.9 Å². The van der Waals surface area contributed by atoms with E-state index in [9.17, 15) is 4.79 Å². The van der Waals surface area contributed by atoms with Gasteiger partial charge in [0.2, 0.25) is 0 Å². The topological polar surface area (TPSA) is 26.3 Å². The van der Waals surface area contributed by atoms with E-state index in [-0.39, 0.29) is 11.6 Å². The molecule has 1 saturated carbocycles. The number of rotatable bonds is 4. The van der Waals surface area contributed by atoms with Gasteiger partial charge in [-0.15, -0.1) is 0 Å². The Labute approximate surface area is 88.2 Å². The maximum absolute atomic E-state index is 10.9. The minimum atomic E-state index is -0.128. The Morgan fingerprint density at radius 3 is 2.54 bits per heavy atom. The summed E-state index contributed by atoms with van der Waals surface area (Å²) in [4.78, 5) is 10.9. The molecule has 0 aromatic carbocycles. The van der Waals surface area contributed by atoms with Gasteiger partial charge in [-0.05, 0) is 38.5 Å². The molecule has 1 rings (SSSR count). The highest BCUT2D eigenvalue weighted by molar-refractivity contribution is 9.09. The van der Waals surface area contributed by atoms with Gasteiger partial charge in [-0.2, -0.15) is 0 Å². The first-order chi connectivity index (χ1) is 6.18. The second kappa shape index (κ2) is 4.99. The molecular weight excluding hydrogens is 232 g/mol. The van der Waals surface area contributed by atoms with Crippen molar-refractivity contribution in [2.24, 2.45) is 0 Å². The van der Waals surface area contributed by atoms with E-state index in [1.54, 1.807) is 0 Å². The van der Waals surface area contributed by atoms with Crippen molar-refractivity contribution in [1.82, 2.24) is 0 Å². The minimum absolute atomic E-state index is 0.112. The van der Waals surface area contributed by atoms with E-state index in [0.29, 0.717) is 0 Å². The van der Waals surface area contributed by atoms with Crippen LogP contribution in [0.15, 0.2) is 0 Å². The third-order valence-electron chi connectivity index (χ3n) is 2.64.